The van der Waals surface area contributed by atoms with Crippen LogP contribution in [0.2, 0.25) is 0 Å². The molecule has 0 aliphatic rings. The van der Waals surface area contributed by atoms with E-state index in [1.54, 1.807) is 0 Å². The molecule has 0 aromatic rings. The molecule has 0 fully saturated rings. The van der Waals surface area contributed by atoms with Gasteiger partial charge in [-0.3, -0.25) is 0 Å². The minimum atomic E-state index is -1.09. The van der Waals surface area contributed by atoms with Gasteiger partial charge in [-0.2, -0.15) is 0 Å². The minimum absolute atomic E-state index is 0.242. The second-order valence-corrected chi connectivity index (χ2v) is 4.21. The summed E-state index contributed by atoms with van der Waals surface area (Å²) in [6.07, 6.45) is 5.97. The molecule has 15 heavy (non-hydrogen) atoms. The highest BCUT2D eigenvalue weighted by atomic mass is 16.4. The fourth-order valence-corrected chi connectivity index (χ4v) is 2.11. The average Bonchev–Trinajstić information content (AvgIpc) is 2.24. The third-order valence-corrected chi connectivity index (χ3v) is 3.50. The number of carboxylic acid groups (broad SMARTS) is 1. The Morgan fingerprint density at radius 1 is 1.20 bits per heavy atom. The average molecular weight is 211 g/mol. The standard InChI is InChI=1S/C13H24O2/c1-5-8-9-10-13(6-2,7-3)11(4)12(14)15/h4-10H2,1-3H3,(H,14,15)/p-1. The van der Waals surface area contributed by atoms with Gasteiger partial charge in [-0.05, 0) is 30.3 Å². The van der Waals surface area contributed by atoms with Crippen LogP contribution in [-0.4, -0.2) is 5.97 Å². The largest absolute Gasteiger partial charge is 0.545 e. The van der Waals surface area contributed by atoms with Crippen molar-refractivity contribution >= 4 is 5.97 Å². The fourth-order valence-electron chi connectivity index (χ4n) is 2.11. The van der Waals surface area contributed by atoms with Gasteiger partial charge in [0.25, 0.3) is 0 Å². The van der Waals surface area contributed by atoms with Gasteiger partial charge in [0, 0.05) is 0 Å². The summed E-state index contributed by atoms with van der Waals surface area (Å²) in [6.45, 7) is 9.89. The highest BCUT2D eigenvalue weighted by molar-refractivity contribution is 5.85. The summed E-state index contributed by atoms with van der Waals surface area (Å²) >= 11 is 0. The Morgan fingerprint density at radius 2 is 1.73 bits per heavy atom. The maximum absolute atomic E-state index is 10.9. The Bertz CT molecular complexity index is 215. The van der Waals surface area contributed by atoms with Crippen molar-refractivity contribution in [3.63, 3.8) is 0 Å². The van der Waals surface area contributed by atoms with E-state index in [0.717, 1.165) is 38.5 Å². The van der Waals surface area contributed by atoms with E-state index in [9.17, 15) is 9.90 Å². The van der Waals surface area contributed by atoms with E-state index < -0.39 is 5.97 Å². The van der Waals surface area contributed by atoms with Gasteiger partial charge in [-0.15, -0.1) is 0 Å². The maximum atomic E-state index is 10.9. The first-order valence-electron chi connectivity index (χ1n) is 5.94. The number of hydrogen-bond acceptors (Lipinski definition) is 2. The number of rotatable bonds is 8. The second-order valence-electron chi connectivity index (χ2n) is 4.21. The quantitative estimate of drug-likeness (QED) is 0.457. The first-order chi connectivity index (χ1) is 7.04. The van der Waals surface area contributed by atoms with Crippen LogP contribution in [-0.2, 0) is 4.79 Å². The third-order valence-electron chi connectivity index (χ3n) is 3.50. The molecule has 0 bridgehead atoms. The zero-order valence-corrected chi connectivity index (χ0v) is 10.3. The number of hydrogen-bond donors (Lipinski definition) is 0. The first-order valence-corrected chi connectivity index (χ1v) is 5.94. The molecule has 0 saturated heterocycles. The predicted octanol–water partition coefficient (Wildman–Crippen LogP) is 2.68. The van der Waals surface area contributed by atoms with Gasteiger partial charge in [-0.1, -0.05) is 46.6 Å². The van der Waals surface area contributed by atoms with Crippen LogP contribution >= 0.6 is 0 Å². The summed E-state index contributed by atoms with van der Waals surface area (Å²) in [7, 11) is 0. The molecule has 0 N–H and O–H groups in total. The zero-order valence-electron chi connectivity index (χ0n) is 10.3. The molecule has 0 aromatic heterocycles. The van der Waals surface area contributed by atoms with Crippen molar-refractivity contribution in [3.8, 4) is 0 Å². The molecular weight excluding hydrogens is 188 g/mol. The van der Waals surface area contributed by atoms with Gasteiger partial charge in [0.15, 0.2) is 0 Å². The summed E-state index contributed by atoms with van der Waals surface area (Å²) in [5.74, 6) is -1.09. The molecular formula is C13H23O2-. The molecule has 2 nitrogen and oxygen atoms in total. The lowest BCUT2D eigenvalue weighted by Crippen LogP contribution is -2.34. The third kappa shape index (κ3) is 3.69. The van der Waals surface area contributed by atoms with Crippen LogP contribution < -0.4 is 5.11 Å². The number of carbonyl (C=O) groups is 1. The molecule has 0 aromatic carbocycles. The molecule has 0 unspecified atom stereocenters. The smallest absolute Gasteiger partial charge is 0.0674 e. The van der Waals surface area contributed by atoms with Crippen molar-refractivity contribution in [1.82, 2.24) is 0 Å². The topological polar surface area (TPSA) is 40.1 Å². The lowest BCUT2D eigenvalue weighted by molar-refractivity contribution is -0.300. The molecule has 0 rings (SSSR count). The van der Waals surface area contributed by atoms with Gasteiger partial charge < -0.3 is 9.90 Å². The highest BCUT2D eigenvalue weighted by Gasteiger charge is 2.29. The predicted molar refractivity (Wildman–Crippen MR) is 61.3 cm³/mol. The Balaban J connectivity index is 4.57. The fraction of sp³-hybridized carbons (Fsp3) is 0.769. The van der Waals surface area contributed by atoms with Crippen LogP contribution in [0.1, 0.15) is 59.3 Å². The molecule has 0 heterocycles. The summed E-state index contributed by atoms with van der Waals surface area (Å²) in [4.78, 5) is 10.9. The number of carbonyl (C=O) groups excluding carboxylic acids is 1. The van der Waals surface area contributed by atoms with E-state index in [-0.39, 0.29) is 11.0 Å². The molecule has 0 radical (unpaired) electrons. The minimum Gasteiger partial charge on any atom is -0.545 e. The number of aliphatic carboxylic acids is 1. The van der Waals surface area contributed by atoms with Crippen LogP contribution in [0, 0.1) is 5.41 Å². The van der Waals surface area contributed by atoms with E-state index in [4.69, 9.17) is 0 Å². The molecule has 0 aliphatic heterocycles. The maximum Gasteiger partial charge on any atom is 0.0674 e. The van der Waals surface area contributed by atoms with Gasteiger partial charge in [0.1, 0.15) is 0 Å². The van der Waals surface area contributed by atoms with Crippen LogP contribution in [0.15, 0.2) is 12.2 Å². The number of carboxylic acids is 1. The van der Waals surface area contributed by atoms with Crippen LogP contribution in [0.4, 0.5) is 0 Å². The highest BCUT2D eigenvalue weighted by Crippen LogP contribution is 2.39. The molecule has 0 atom stereocenters. The molecule has 0 spiro atoms. The number of unbranched alkanes of at least 4 members (excludes halogenated alkanes) is 2. The second kappa shape index (κ2) is 6.65. The van der Waals surface area contributed by atoms with Gasteiger partial charge in [-0.25, -0.2) is 0 Å². The SMILES string of the molecule is C=C(C(=O)[O-])C(CC)(CC)CCCCC. The van der Waals surface area contributed by atoms with Crippen LogP contribution in [0.5, 0.6) is 0 Å². The normalized spacial score (nSPS) is 11.4. The molecule has 0 aliphatic carbocycles. The monoisotopic (exact) mass is 211 g/mol. The van der Waals surface area contributed by atoms with Crippen molar-refractivity contribution < 1.29 is 9.90 Å². The van der Waals surface area contributed by atoms with Crippen molar-refractivity contribution in [2.45, 2.75) is 59.3 Å². The summed E-state index contributed by atoms with van der Waals surface area (Å²) < 4.78 is 0. The first kappa shape index (κ1) is 14.2. The van der Waals surface area contributed by atoms with Gasteiger partial charge >= 0.3 is 0 Å². The van der Waals surface area contributed by atoms with Crippen molar-refractivity contribution in [2.75, 3.05) is 0 Å². The summed E-state index contributed by atoms with van der Waals surface area (Å²) in [5.41, 5.74) is 0.0391. The molecule has 0 saturated carbocycles. The lowest BCUT2D eigenvalue weighted by atomic mass is 9.72. The van der Waals surface area contributed by atoms with Gasteiger partial charge in [0.05, 0.1) is 5.97 Å². The molecule has 88 valence electrons. The lowest BCUT2D eigenvalue weighted by Gasteiger charge is -2.34. The van der Waals surface area contributed by atoms with E-state index in [2.05, 4.69) is 13.5 Å². The summed E-state index contributed by atoms with van der Waals surface area (Å²) in [6, 6.07) is 0. The Kier molecular flexibility index (Phi) is 6.30. The Morgan fingerprint density at radius 3 is 2.07 bits per heavy atom. The van der Waals surface area contributed by atoms with E-state index >= 15 is 0 Å². The zero-order chi connectivity index (χ0) is 11.9. The Hall–Kier alpha value is -0.790. The summed E-state index contributed by atoms with van der Waals surface area (Å²) in [5, 5.41) is 10.9. The van der Waals surface area contributed by atoms with Gasteiger partial charge in [0.2, 0.25) is 0 Å². The molecule has 0 amide bonds. The van der Waals surface area contributed by atoms with Crippen molar-refractivity contribution in [2.24, 2.45) is 5.41 Å². The van der Waals surface area contributed by atoms with Crippen LogP contribution in [0.3, 0.4) is 0 Å². The van der Waals surface area contributed by atoms with E-state index in [0.29, 0.717) is 0 Å². The van der Waals surface area contributed by atoms with E-state index in [1.807, 2.05) is 13.8 Å². The van der Waals surface area contributed by atoms with Crippen LogP contribution in [0.25, 0.3) is 0 Å². The Labute approximate surface area is 93.4 Å². The van der Waals surface area contributed by atoms with Crippen molar-refractivity contribution in [1.29, 1.82) is 0 Å². The molecule has 2 heteroatoms. The van der Waals surface area contributed by atoms with Crippen molar-refractivity contribution in [3.05, 3.63) is 12.2 Å². The van der Waals surface area contributed by atoms with E-state index in [1.165, 1.54) is 0 Å².